The number of ether oxygens (including phenoxy) is 1. The molecule has 0 radical (unpaired) electrons. The molecule has 2 rings (SSSR count). The van der Waals surface area contributed by atoms with E-state index < -0.39 is 0 Å². The standard InChI is InChI=1S/C12H15NO2S/c14-11-3-1-10(2-4-11)9-12(16)13-5-7-15-8-6-13/h1-4,14H,5-9H2. The van der Waals surface area contributed by atoms with Gasteiger partial charge in [0.2, 0.25) is 0 Å². The Kier molecular flexibility index (Phi) is 3.74. The molecule has 0 saturated carbocycles. The number of hydrogen-bond acceptors (Lipinski definition) is 3. The van der Waals surface area contributed by atoms with Crippen LogP contribution in [-0.2, 0) is 11.2 Å². The second-order valence-electron chi connectivity index (χ2n) is 3.84. The van der Waals surface area contributed by atoms with Gasteiger partial charge in [-0.1, -0.05) is 24.4 Å². The molecule has 1 aromatic carbocycles. The van der Waals surface area contributed by atoms with E-state index in [1.165, 1.54) is 0 Å². The third kappa shape index (κ3) is 2.93. The second-order valence-corrected chi connectivity index (χ2v) is 4.31. The Labute approximate surface area is 101 Å². The molecule has 1 heterocycles. The molecule has 0 atom stereocenters. The van der Waals surface area contributed by atoms with Crippen molar-refractivity contribution in [3.8, 4) is 5.75 Å². The molecule has 86 valence electrons. The number of thiocarbonyl (C=S) groups is 1. The smallest absolute Gasteiger partial charge is 0.115 e. The monoisotopic (exact) mass is 237 g/mol. The molecule has 0 spiro atoms. The molecule has 0 bridgehead atoms. The van der Waals surface area contributed by atoms with Crippen molar-refractivity contribution in [3.63, 3.8) is 0 Å². The van der Waals surface area contributed by atoms with Crippen LogP contribution in [-0.4, -0.2) is 41.3 Å². The van der Waals surface area contributed by atoms with E-state index in [4.69, 9.17) is 17.0 Å². The van der Waals surface area contributed by atoms with Crippen LogP contribution in [0.4, 0.5) is 0 Å². The summed E-state index contributed by atoms with van der Waals surface area (Å²) in [5.74, 6) is 0.293. The van der Waals surface area contributed by atoms with Crippen LogP contribution >= 0.6 is 12.2 Å². The summed E-state index contributed by atoms with van der Waals surface area (Å²) in [5.41, 5.74) is 1.13. The van der Waals surface area contributed by atoms with Crippen molar-refractivity contribution in [3.05, 3.63) is 29.8 Å². The maximum absolute atomic E-state index is 9.18. The number of rotatable bonds is 2. The highest BCUT2D eigenvalue weighted by atomic mass is 32.1. The number of aromatic hydroxyl groups is 1. The SMILES string of the molecule is Oc1ccc(CC(=S)N2CCOCC2)cc1. The Morgan fingerprint density at radius 3 is 2.50 bits per heavy atom. The fourth-order valence-corrected chi connectivity index (χ4v) is 2.06. The lowest BCUT2D eigenvalue weighted by Crippen LogP contribution is -2.40. The minimum atomic E-state index is 0.293. The number of phenolic OH excluding ortho intramolecular Hbond substituents is 1. The van der Waals surface area contributed by atoms with Crippen molar-refractivity contribution >= 4 is 17.2 Å². The van der Waals surface area contributed by atoms with Crippen LogP contribution in [0.3, 0.4) is 0 Å². The Hall–Kier alpha value is -1.13. The maximum atomic E-state index is 9.18. The molecule has 16 heavy (non-hydrogen) atoms. The molecular weight excluding hydrogens is 222 g/mol. The Bertz CT molecular complexity index is 358. The molecule has 1 saturated heterocycles. The van der Waals surface area contributed by atoms with Crippen molar-refractivity contribution in [2.45, 2.75) is 6.42 Å². The molecule has 1 aromatic rings. The first-order valence-corrected chi connectivity index (χ1v) is 5.80. The van der Waals surface area contributed by atoms with Gasteiger partial charge in [-0.2, -0.15) is 0 Å². The molecule has 0 aromatic heterocycles. The highest BCUT2D eigenvalue weighted by Crippen LogP contribution is 2.12. The Balaban J connectivity index is 1.93. The van der Waals surface area contributed by atoms with Gasteiger partial charge in [-0.05, 0) is 17.7 Å². The van der Waals surface area contributed by atoms with Crippen LogP contribution in [0.2, 0.25) is 0 Å². The molecular formula is C12H15NO2S. The van der Waals surface area contributed by atoms with Gasteiger partial charge in [-0.25, -0.2) is 0 Å². The van der Waals surface area contributed by atoms with E-state index in [0.717, 1.165) is 43.3 Å². The number of nitrogens with zero attached hydrogens (tertiary/aromatic N) is 1. The van der Waals surface area contributed by atoms with E-state index in [1.807, 2.05) is 12.1 Å². The van der Waals surface area contributed by atoms with Gasteiger partial charge in [-0.3, -0.25) is 0 Å². The van der Waals surface area contributed by atoms with E-state index >= 15 is 0 Å². The fourth-order valence-electron chi connectivity index (χ4n) is 1.71. The molecule has 1 aliphatic heterocycles. The molecule has 4 heteroatoms. The van der Waals surface area contributed by atoms with Gasteiger partial charge in [0.05, 0.1) is 18.2 Å². The summed E-state index contributed by atoms with van der Waals surface area (Å²) >= 11 is 5.40. The first kappa shape index (κ1) is 11.4. The summed E-state index contributed by atoms with van der Waals surface area (Å²) < 4.78 is 5.28. The number of phenols is 1. The van der Waals surface area contributed by atoms with Crippen molar-refractivity contribution in [2.24, 2.45) is 0 Å². The molecule has 1 N–H and O–H groups in total. The lowest BCUT2D eigenvalue weighted by Gasteiger charge is -2.29. The fraction of sp³-hybridized carbons (Fsp3) is 0.417. The van der Waals surface area contributed by atoms with Crippen molar-refractivity contribution in [2.75, 3.05) is 26.3 Å². The molecule has 1 aliphatic rings. The van der Waals surface area contributed by atoms with Crippen LogP contribution in [0.5, 0.6) is 5.75 Å². The van der Waals surface area contributed by atoms with Gasteiger partial charge in [-0.15, -0.1) is 0 Å². The molecule has 3 nitrogen and oxygen atoms in total. The minimum Gasteiger partial charge on any atom is -0.508 e. The lowest BCUT2D eigenvalue weighted by molar-refractivity contribution is 0.0685. The number of benzene rings is 1. The van der Waals surface area contributed by atoms with E-state index in [2.05, 4.69) is 4.90 Å². The second kappa shape index (κ2) is 5.27. The van der Waals surface area contributed by atoms with Crippen LogP contribution in [0.1, 0.15) is 5.56 Å². The highest BCUT2D eigenvalue weighted by molar-refractivity contribution is 7.80. The summed E-state index contributed by atoms with van der Waals surface area (Å²) in [7, 11) is 0. The Morgan fingerprint density at radius 1 is 1.25 bits per heavy atom. The quantitative estimate of drug-likeness (QED) is 0.792. The highest BCUT2D eigenvalue weighted by Gasteiger charge is 2.13. The van der Waals surface area contributed by atoms with Gasteiger partial charge in [0, 0.05) is 19.5 Å². The zero-order valence-electron chi connectivity index (χ0n) is 9.06. The van der Waals surface area contributed by atoms with Gasteiger partial charge in [0.15, 0.2) is 0 Å². The number of hydrogen-bond donors (Lipinski definition) is 1. The zero-order chi connectivity index (χ0) is 11.4. The topological polar surface area (TPSA) is 32.7 Å². The third-order valence-corrected chi connectivity index (χ3v) is 3.06. The minimum absolute atomic E-state index is 0.293. The zero-order valence-corrected chi connectivity index (χ0v) is 9.87. The normalized spacial score (nSPS) is 16.1. The summed E-state index contributed by atoms with van der Waals surface area (Å²) in [5, 5.41) is 9.18. The van der Waals surface area contributed by atoms with E-state index in [1.54, 1.807) is 12.1 Å². The van der Waals surface area contributed by atoms with Crippen molar-refractivity contribution in [1.82, 2.24) is 4.90 Å². The summed E-state index contributed by atoms with van der Waals surface area (Å²) in [4.78, 5) is 3.14. The summed E-state index contributed by atoms with van der Waals surface area (Å²) in [6.07, 6.45) is 0.760. The van der Waals surface area contributed by atoms with Gasteiger partial charge < -0.3 is 14.7 Å². The van der Waals surface area contributed by atoms with Crippen LogP contribution in [0.15, 0.2) is 24.3 Å². The summed E-state index contributed by atoms with van der Waals surface area (Å²) in [6, 6.07) is 7.19. The molecule has 0 unspecified atom stereocenters. The Morgan fingerprint density at radius 2 is 1.88 bits per heavy atom. The molecule has 0 aliphatic carbocycles. The van der Waals surface area contributed by atoms with Crippen molar-refractivity contribution < 1.29 is 9.84 Å². The lowest BCUT2D eigenvalue weighted by atomic mass is 10.1. The van der Waals surface area contributed by atoms with Crippen LogP contribution < -0.4 is 0 Å². The average Bonchev–Trinajstić information content (AvgIpc) is 2.33. The van der Waals surface area contributed by atoms with Crippen LogP contribution in [0, 0.1) is 0 Å². The predicted octanol–water partition coefficient (Wildman–Crippen LogP) is 1.59. The van der Waals surface area contributed by atoms with Gasteiger partial charge in [0.1, 0.15) is 5.75 Å². The first-order chi connectivity index (χ1) is 7.75. The average molecular weight is 237 g/mol. The first-order valence-electron chi connectivity index (χ1n) is 5.39. The van der Waals surface area contributed by atoms with Gasteiger partial charge >= 0.3 is 0 Å². The van der Waals surface area contributed by atoms with E-state index in [9.17, 15) is 5.11 Å². The molecule has 1 fully saturated rings. The number of morpholine rings is 1. The summed E-state index contributed by atoms with van der Waals surface area (Å²) in [6.45, 7) is 3.29. The van der Waals surface area contributed by atoms with E-state index in [0.29, 0.717) is 5.75 Å². The van der Waals surface area contributed by atoms with Crippen molar-refractivity contribution in [1.29, 1.82) is 0 Å². The predicted molar refractivity (Wildman–Crippen MR) is 66.8 cm³/mol. The van der Waals surface area contributed by atoms with E-state index in [-0.39, 0.29) is 0 Å². The van der Waals surface area contributed by atoms with Crippen LogP contribution in [0.25, 0.3) is 0 Å². The molecule has 0 amide bonds. The maximum Gasteiger partial charge on any atom is 0.115 e. The van der Waals surface area contributed by atoms with Gasteiger partial charge in [0.25, 0.3) is 0 Å². The largest absolute Gasteiger partial charge is 0.508 e. The third-order valence-electron chi connectivity index (χ3n) is 2.66.